The molecule has 0 aromatic carbocycles. The Morgan fingerprint density at radius 2 is 1.26 bits per heavy atom. The maximum absolute atomic E-state index is 12.5. The summed E-state index contributed by atoms with van der Waals surface area (Å²) in [6.45, 7) is 3.20. The number of allylic oxidation sites excluding steroid dienone is 14. The lowest BCUT2D eigenvalue weighted by Crippen LogP contribution is -2.29. The zero-order valence-corrected chi connectivity index (χ0v) is 35.4. The van der Waals surface area contributed by atoms with Gasteiger partial charge < -0.3 is 30.3 Å². The van der Waals surface area contributed by atoms with Crippen molar-refractivity contribution >= 4 is 19.8 Å². The number of hydrogen-bond acceptors (Lipinski definition) is 10. The largest absolute Gasteiger partial charge is 0.472 e. The van der Waals surface area contributed by atoms with Crippen LogP contribution in [0, 0.1) is 0 Å². The Balaban J connectivity index is 4.53. The first-order valence-electron chi connectivity index (χ1n) is 20.6. The third-order valence-electron chi connectivity index (χ3n) is 7.82. The van der Waals surface area contributed by atoms with Crippen molar-refractivity contribution in [2.45, 2.75) is 135 Å². The Morgan fingerprint density at radius 1 is 0.649 bits per heavy atom. The Labute approximate surface area is 343 Å². The summed E-state index contributed by atoms with van der Waals surface area (Å²) in [6.07, 6.45) is 44.9. The molecule has 0 aromatic heterocycles. The van der Waals surface area contributed by atoms with E-state index in [0.717, 1.165) is 38.5 Å². The smallest absolute Gasteiger partial charge is 0.462 e. The van der Waals surface area contributed by atoms with Crippen LogP contribution in [0.4, 0.5) is 0 Å². The van der Waals surface area contributed by atoms with Crippen LogP contribution in [-0.4, -0.2) is 71.7 Å². The van der Waals surface area contributed by atoms with Gasteiger partial charge >= 0.3 is 19.8 Å². The maximum Gasteiger partial charge on any atom is 0.472 e. The lowest BCUT2D eigenvalue weighted by Gasteiger charge is -2.19. The monoisotopic (exact) mass is 817 g/mol. The van der Waals surface area contributed by atoms with Crippen LogP contribution in [0.2, 0.25) is 0 Å². The van der Waals surface area contributed by atoms with Crippen molar-refractivity contribution < 1.29 is 47.8 Å². The molecule has 0 spiro atoms. The summed E-state index contributed by atoms with van der Waals surface area (Å²) < 4.78 is 32.5. The Hall–Kier alpha value is -3.41. The minimum Gasteiger partial charge on any atom is -0.462 e. The minimum atomic E-state index is -4.44. The number of phosphoric acid groups is 1. The normalized spacial score (nSPS) is 15.5. The standard InChI is InChI=1S/C45H72NO10P/c1-3-5-7-8-9-10-11-12-13-14-15-16-20-23-29-36-45(50)56-43(40-55-57(51,52)54-38-37-46)39-53-44(49)35-30-24-28-34-42(48)33-27-22-19-17-18-21-26-32-41(47)31-25-6-4-2/h6,9-10,12-13,15-16,18-19,21-22,25-28,32-34,41-43,47-48H,3-5,7-8,11,14,17,20,23-24,29-31,35-40,46H2,1-2H3,(H,51,52)/b10-9-,13-12-,16-15-,21-18-,22-19-,25-6-,32-26+,33-27+,34-28-/t41-,42-,43-/m1/s1. The number of carbonyl (C=O) groups excluding carboxylic acids is 2. The van der Waals surface area contributed by atoms with Gasteiger partial charge in [-0.25, -0.2) is 4.57 Å². The van der Waals surface area contributed by atoms with E-state index in [2.05, 4.69) is 50.3 Å². The highest BCUT2D eigenvalue weighted by atomic mass is 31.2. The Bertz CT molecular complexity index is 1330. The minimum absolute atomic E-state index is 0.0114. The number of ether oxygens (including phenoxy) is 2. The molecule has 0 aliphatic rings. The molecule has 0 fully saturated rings. The molecule has 5 N–H and O–H groups in total. The molecule has 1 unspecified atom stereocenters. The fourth-order valence-corrected chi connectivity index (χ4v) is 5.50. The molecule has 0 amide bonds. The molecule has 0 rings (SSSR count). The Kier molecular flexibility index (Phi) is 37.1. The van der Waals surface area contributed by atoms with Crippen molar-refractivity contribution in [2.24, 2.45) is 5.73 Å². The average Bonchev–Trinajstić information content (AvgIpc) is 3.18. The van der Waals surface area contributed by atoms with Crippen molar-refractivity contribution in [3.05, 3.63) is 109 Å². The molecule has 0 saturated heterocycles. The fraction of sp³-hybridized carbons (Fsp3) is 0.556. The molecule has 0 aliphatic carbocycles. The second-order valence-electron chi connectivity index (χ2n) is 13.2. The van der Waals surface area contributed by atoms with Crippen LogP contribution in [-0.2, 0) is 32.7 Å². The van der Waals surface area contributed by atoms with Gasteiger partial charge in [0.1, 0.15) is 6.61 Å². The number of aliphatic hydroxyl groups is 2. The third kappa shape index (κ3) is 39.2. The summed E-state index contributed by atoms with van der Waals surface area (Å²) in [4.78, 5) is 34.8. The van der Waals surface area contributed by atoms with Gasteiger partial charge in [0.25, 0.3) is 0 Å². The highest BCUT2D eigenvalue weighted by Crippen LogP contribution is 2.43. The number of esters is 2. The molecule has 4 atom stereocenters. The molecule has 0 heterocycles. The zero-order chi connectivity index (χ0) is 42.1. The van der Waals surface area contributed by atoms with Crippen molar-refractivity contribution in [3.63, 3.8) is 0 Å². The molecule has 0 bridgehead atoms. The average molecular weight is 818 g/mol. The van der Waals surface area contributed by atoms with Crippen LogP contribution in [0.5, 0.6) is 0 Å². The van der Waals surface area contributed by atoms with Gasteiger partial charge in [0.15, 0.2) is 6.10 Å². The van der Waals surface area contributed by atoms with E-state index in [-0.39, 0.29) is 32.6 Å². The lowest BCUT2D eigenvalue weighted by atomic mass is 10.1. The molecule has 0 aliphatic heterocycles. The lowest BCUT2D eigenvalue weighted by molar-refractivity contribution is -0.161. The van der Waals surface area contributed by atoms with Crippen molar-refractivity contribution in [1.29, 1.82) is 0 Å². The number of nitrogens with two attached hydrogens (primary N) is 1. The van der Waals surface area contributed by atoms with E-state index in [1.54, 1.807) is 30.4 Å². The first-order valence-corrected chi connectivity index (χ1v) is 22.1. The van der Waals surface area contributed by atoms with E-state index < -0.39 is 44.7 Å². The summed E-state index contributed by atoms with van der Waals surface area (Å²) in [7, 11) is -4.44. The Morgan fingerprint density at radius 3 is 1.93 bits per heavy atom. The first kappa shape index (κ1) is 53.6. The van der Waals surface area contributed by atoms with Gasteiger partial charge in [0, 0.05) is 19.4 Å². The predicted molar refractivity (Wildman–Crippen MR) is 231 cm³/mol. The van der Waals surface area contributed by atoms with Gasteiger partial charge in [-0.05, 0) is 77.0 Å². The number of aliphatic hydroxyl groups excluding tert-OH is 2. The number of rotatable bonds is 36. The van der Waals surface area contributed by atoms with E-state index in [9.17, 15) is 29.3 Å². The summed E-state index contributed by atoms with van der Waals surface area (Å²) >= 11 is 0. The van der Waals surface area contributed by atoms with Gasteiger partial charge in [-0.2, -0.15) is 0 Å². The van der Waals surface area contributed by atoms with Crippen molar-refractivity contribution in [1.82, 2.24) is 0 Å². The molecule has 57 heavy (non-hydrogen) atoms. The summed E-state index contributed by atoms with van der Waals surface area (Å²) in [5.74, 6) is -1.07. The topological polar surface area (TPSA) is 175 Å². The first-order chi connectivity index (χ1) is 27.6. The summed E-state index contributed by atoms with van der Waals surface area (Å²) in [6, 6.07) is 0. The number of carbonyl (C=O) groups is 2. The van der Waals surface area contributed by atoms with E-state index in [1.165, 1.54) is 19.3 Å². The van der Waals surface area contributed by atoms with E-state index >= 15 is 0 Å². The van der Waals surface area contributed by atoms with Crippen LogP contribution in [0.25, 0.3) is 0 Å². The third-order valence-corrected chi connectivity index (χ3v) is 8.80. The maximum atomic E-state index is 12.5. The molecular weight excluding hydrogens is 745 g/mol. The van der Waals surface area contributed by atoms with Gasteiger partial charge in [-0.15, -0.1) is 0 Å². The molecule has 0 saturated carbocycles. The van der Waals surface area contributed by atoms with Crippen LogP contribution in [0.1, 0.15) is 117 Å². The molecule has 0 radical (unpaired) electrons. The highest BCUT2D eigenvalue weighted by molar-refractivity contribution is 7.47. The quantitative estimate of drug-likeness (QED) is 0.0156. The highest BCUT2D eigenvalue weighted by Gasteiger charge is 2.25. The number of phosphoric ester groups is 1. The number of hydrogen-bond donors (Lipinski definition) is 4. The van der Waals surface area contributed by atoms with Crippen LogP contribution in [0.15, 0.2) is 109 Å². The fourth-order valence-electron chi connectivity index (χ4n) is 4.73. The SMILES string of the molecule is CC/C=C\C[C@@H](O)/C=C/C=C\C/C=C\C=C\[C@@H](O)/C=C\CCCC(=O)OC[C@H](COP(=O)(O)OCCN)OC(=O)CCCC/C=C\C/C=C\C/C=C\CCCCC. The van der Waals surface area contributed by atoms with Gasteiger partial charge in [-0.1, -0.05) is 136 Å². The zero-order valence-electron chi connectivity index (χ0n) is 34.5. The predicted octanol–water partition coefficient (Wildman–Crippen LogP) is 9.54. The van der Waals surface area contributed by atoms with E-state index in [0.29, 0.717) is 32.1 Å². The molecule has 0 aromatic rings. The summed E-state index contributed by atoms with van der Waals surface area (Å²) in [5, 5.41) is 20.0. The number of unbranched alkanes of at least 4 members (excludes halogenated alkanes) is 6. The second kappa shape index (κ2) is 39.4. The van der Waals surface area contributed by atoms with Crippen LogP contribution < -0.4 is 5.73 Å². The second-order valence-corrected chi connectivity index (χ2v) is 14.6. The molecule has 322 valence electrons. The van der Waals surface area contributed by atoms with Crippen molar-refractivity contribution in [2.75, 3.05) is 26.4 Å². The van der Waals surface area contributed by atoms with E-state index in [4.69, 9.17) is 24.3 Å². The van der Waals surface area contributed by atoms with Crippen LogP contribution >= 0.6 is 7.82 Å². The van der Waals surface area contributed by atoms with Gasteiger partial charge in [-0.3, -0.25) is 18.6 Å². The molecule has 11 nitrogen and oxygen atoms in total. The van der Waals surface area contributed by atoms with E-state index in [1.807, 2.05) is 42.5 Å². The van der Waals surface area contributed by atoms with Gasteiger partial charge in [0.2, 0.25) is 0 Å². The van der Waals surface area contributed by atoms with Crippen LogP contribution in [0.3, 0.4) is 0 Å². The molecule has 12 heteroatoms. The van der Waals surface area contributed by atoms with Gasteiger partial charge in [0.05, 0.1) is 25.4 Å². The molecular formula is C45H72NO10P. The van der Waals surface area contributed by atoms with Crippen molar-refractivity contribution in [3.8, 4) is 0 Å². The summed E-state index contributed by atoms with van der Waals surface area (Å²) in [5.41, 5.74) is 5.32.